The number of likely N-dealkylation sites (tertiary alicyclic amines) is 1. The standard InChI is InChI=1S/C14H18N2O3/c17-14(12-5-6-12)9-15(10-14)8-7-11-3-1-2-4-13(11)16(18)19/h1-4,12,17H,5-10H2. The van der Waals surface area contributed by atoms with Crippen LogP contribution in [0.5, 0.6) is 0 Å². The maximum atomic E-state index is 10.9. The zero-order valence-electron chi connectivity index (χ0n) is 10.8. The third-order valence-electron chi connectivity index (χ3n) is 4.22. The zero-order valence-corrected chi connectivity index (χ0v) is 10.8. The van der Waals surface area contributed by atoms with Crippen molar-refractivity contribution in [2.75, 3.05) is 19.6 Å². The smallest absolute Gasteiger partial charge is 0.272 e. The number of nitrogens with zero attached hydrogens (tertiary/aromatic N) is 2. The molecule has 1 aromatic carbocycles. The molecular weight excluding hydrogens is 244 g/mol. The molecule has 5 heteroatoms. The Balaban J connectivity index is 1.55. The second-order valence-corrected chi connectivity index (χ2v) is 5.72. The molecule has 1 N–H and O–H groups in total. The van der Waals surface area contributed by atoms with E-state index in [0.717, 1.165) is 38.0 Å². The van der Waals surface area contributed by atoms with Crippen molar-refractivity contribution in [2.24, 2.45) is 5.92 Å². The predicted octanol–water partition coefficient (Wildman–Crippen LogP) is 1.59. The molecular formula is C14H18N2O3. The molecule has 0 spiro atoms. The van der Waals surface area contributed by atoms with Gasteiger partial charge in [-0.3, -0.25) is 15.0 Å². The van der Waals surface area contributed by atoms with Crippen molar-refractivity contribution < 1.29 is 10.0 Å². The number of hydrogen-bond donors (Lipinski definition) is 1. The van der Waals surface area contributed by atoms with E-state index in [1.165, 1.54) is 0 Å². The zero-order chi connectivity index (χ0) is 13.5. The lowest BCUT2D eigenvalue weighted by Crippen LogP contribution is -2.63. The minimum absolute atomic E-state index is 0.195. The lowest BCUT2D eigenvalue weighted by atomic mass is 9.88. The van der Waals surface area contributed by atoms with Gasteiger partial charge in [0.05, 0.1) is 10.5 Å². The van der Waals surface area contributed by atoms with E-state index in [0.29, 0.717) is 12.3 Å². The Labute approximate surface area is 112 Å². The summed E-state index contributed by atoms with van der Waals surface area (Å²) in [6.45, 7) is 2.22. The number of hydrogen-bond acceptors (Lipinski definition) is 4. The fourth-order valence-corrected chi connectivity index (χ4v) is 2.94. The highest BCUT2D eigenvalue weighted by Gasteiger charge is 2.51. The Kier molecular flexibility index (Phi) is 3.03. The van der Waals surface area contributed by atoms with Crippen LogP contribution in [-0.4, -0.2) is 40.2 Å². The van der Waals surface area contributed by atoms with Gasteiger partial charge in [-0.15, -0.1) is 0 Å². The van der Waals surface area contributed by atoms with E-state index in [-0.39, 0.29) is 10.6 Å². The van der Waals surface area contributed by atoms with Crippen LogP contribution in [0.3, 0.4) is 0 Å². The molecule has 19 heavy (non-hydrogen) atoms. The number of nitro groups is 1. The van der Waals surface area contributed by atoms with Gasteiger partial charge in [0.25, 0.3) is 5.69 Å². The van der Waals surface area contributed by atoms with Crippen LogP contribution in [0.15, 0.2) is 24.3 Å². The van der Waals surface area contributed by atoms with Crippen molar-refractivity contribution in [3.05, 3.63) is 39.9 Å². The van der Waals surface area contributed by atoms with Gasteiger partial charge in [-0.05, 0) is 25.2 Å². The molecule has 1 aromatic rings. The summed E-state index contributed by atoms with van der Waals surface area (Å²) in [5, 5.41) is 21.1. The first-order chi connectivity index (χ1) is 9.08. The summed E-state index contributed by atoms with van der Waals surface area (Å²) in [5.74, 6) is 0.495. The highest BCUT2D eigenvalue weighted by molar-refractivity contribution is 5.39. The number of β-amino-alcohol motifs (C(OH)–C–C–N with tert-alkyl or cyclic N) is 1. The second-order valence-electron chi connectivity index (χ2n) is 5.72. The van der Waals surface area contributed by atoms with Gasteiger partial charge in [0.15, 0.2) is 0 Å². The van der Waals surface area contributed by atoms with E-state index in [1.807, 2.05) is 12.1 Å². The number of benzene rings is 1. The molecule has 0 aromatic heterocycles. The summed E-state index contributed by atoms with van der Waals surface area (Å²) < 4.78 is 0. The van der Waals surface area contributed by atoms with Crippen molar-refractivity contribution >= 4 is 5.69 Å². The van der Waals surface area contributed by atoms with Gasteiger partial charge in [-0.25, -0.2) is 0 Å². The highest BCUT2D eigenvalue weighted by Crippen LogP contribution is 2.44. The topological polar surface area (TPSA) is 66.6 Å². The number of rotatable bonds is 5. The van der Waals surface area contributed by atoms with Crippen LogP contribution < -0.4 is 0 Å². The SMILES string of the molecule is O=[N+]([O-])c1ccccc1CCN1CC(O)(C2CC2)C1. The molecule has 1 aliphatic heterocycles. The lowest BCUT2D eigenvalue weighted by Gasteiger charge is -2.47. The first-order valence-electron chi connectivity index (χ1n) is 6.75. The summed E-state index contributed by atoms with van der Waals surface area (Å²) in [4.78, 5) is 12.8. The van der Waals surface area contributed by atoms with E-state index >= 15 is 0 Å². The van der Waals surface area contributed by atoms with Crippen LogP contribution in [-0.2, 0) is 6.42 Å². The molecule has 3 rings (SSSR count). The van der Waals surface area contributed by atoms with Crippen LogP contribution in [0.2, 0.25) is 0 Å². The fraction of sp³-hybridized carbons (Fsp3) is 0.571. The summed E-state index contributed by atoms with van der Waals surface area (Å²) in [5.41, 5.74) is 0.498. The molecule has 1 saturated carbocycles. The van der Waals surface area contributed by atoms with Gasteiger partial charge in [-0.1, -0.05) is 18.2 Å². The number of nitro benzene ring substituents is 1. The lowest BCUT2D eigenvalue weighted by molar-refractivity contribution is -0.385. The van der Waals surface area contributed by atoms with Crippen LogP contribution in [0.1, 0.15) is 18.4 Å². The van der Waals surface area contributed by atoms with Crippen LogP contribution in [0, 0.1) is 16.0 Å². The van der Waals surface area contributed by atoms with Crippen LogP contribution in [0.4, 0.5) is 5.69 Å². The summed E-state index contributed by atoms with van der Waals surface area (Å²) in [7, 11) is 0. The molecule has 2 fully saturated rings. The van der Waals surface area contributed by atoms with Crippen molar-refractivity contribution in [3.63, 3.8) is 0 Å². The van der Waals surface area contributed by atoms with E-state index in [9.17, 15) is 15.2 Å². The predicted molar refractivity (Wildman–Crippen MR) is 70.9 cm³/mol. The summed E-state index contributed by atoms with van der Waals surface area (Å²) in [6.07, 6.45) is 2.96. The quantitative estimate of drug-likeness (QED) is 0.646. The van der Waals surface area contributed by atoms with Crippen molar-refractivity contribution in [2.45, 2.75) is 24.9 Å². The first kappa shape index (κ1) is 12.6. The first-order valence-corrected chi connectivity index (χ1v) is 6.75. The van der Waals surface area contributed by atoms with Gasteiger partial charge in [-0.2, -0.15) is 0 Å². The molecule has 1 aliphatic carbocycles. The highest BCUT2D eigenvalue weighted by atomic mass is 16.6. The average molecular weight is 262 g/mol. The molecule has 0 radical (unpaired) electrons. The van der Waals surface area contributed by atoms with Crippen molar-refractivity contribution in [3.8, 4) is 0 Å². The normalized spacial score (nSPS) is 21.9. The molecule has 0 amide bonds. The van der Waals surface area contributed by atoms with Gasteiger partial charge in [0, 0.05) is 31.3 Å². The molecule has 5 nitrogen and oxygen atoms in total. The molecule has 0 unspecified atom stereocenters. The van der Waals surface area contributed by atoms with Crippen molar-refractivity contribution in [1.29, 1.82) is 0 Å². The average Bonchev–Trinajstić information content (AvgIpc) is 3.17. The van der Waals surface area contributed by atoms with Gasteiger partial charge in [0.2, 0.25) is 0 Å². The molecule has 1 saturated heterocycles. The van der Waals surface area contributed by atoms with E-state index < -0.39 is 5.60 Å². The summed E-state index contributed by atoms with van der Waals surface area (Å²) >= 11 is 0. The Hall–Kier alpha value is -1.46. The summed E-state index contributed by atoms with van der Waals surface area (Å²) in [6, 6.07) is 6.88. The van der Waals surface area contributed by atoms with Gasteiger partial charge >= 0.3 is 0 Å². The van der Waals surface area contributed by atoms with Gasteiger partial charge in [0.1, 0.15) is 0 Å². The van der Waals surface area contributed by atoms with Crippen LogP contribution >= 0.6 is 0 Å². The van der Waals surface area contributed by atoms with Crippen molar-refractivity contribution in [1.82, 2.24) is 4.90 Å². The van der Waals surface area contributed by atoms with Gasteiger partial charge < -0.3 is 5.11 Å². The van der Waals surface area contributed by atoms with E-state index in [2.05, 4.69) is 4.90 Å². The third kappa shape index (κ3) is 2.48. The Morgan fingerprint density at radius 2 is 2.05 bits per heavy atom. The number of aliphatic hydroxyl groups is 1. The Morgan fingerprint density at radius 3 is 2.68 bits per heavy atom. The minimum atomic E-state index is -0.470. The molecule has 1 heterocycles. The molecule has 2 aliphatic rings. The number of para-hydroxylation sites is 1. The fourth-order valence-electron chi connectivity index (χ4n) is 2.94. The second kappa shape index (κ2) is 4.58. The van der Waals surface area contributed by atoms with E-state index in [1.54, 1.807) is 12.1 Å². The minimum Gasteiger partial charge on any atom is -0.387 e. The largest absolute Gasteiger partial charge is 0.387 e. The maximum Gasteiger partial charge on any atom is 0.272 e. The van der Waals surface area contributed by atoms with E-state index in [4.69, 9.17) is 0 Å². The monoisotopic (exact) mass is 262 g/mol. The Bertz CT molecular complexity index is 493. The maximum absolute atomic E-state index is 10.9. The molecule has 102 valence electrons. The van der Waals surface area contributed by atoms with Crippen LogP contribution in [0.25, 0.3) is 0 Å². The Morgan fingerprint density at radius 1 is 1.37 bits per heavy atom. The molecule has 0 atom stereocenters. The molecule has 0 bridgehead atoms. The third-order valence-corrected chi connectivity index (χ3v) is 4.22.